The van der Waals surface area contributed by atoms with Crippen LogP contribution in [0, 0.1) is 35.5 Å². The maximum Gasteiger partial charge on any atom is 0.247 e. The fraction of sp³-hybridized carbons (Fsp3) is 0.500. The molecule has 1 amide bonds. The molecule has 1 saturated carbocycles. The minimum atomic E-state index is -0.239. The number of amides is 1. The van der Waals surface area contributed by atoms with E-state index in [1.165, 1.54) is 0 Å². The lowest BCUT2D eigenvalue weighted by atomic mass is 9.58. The van der Waals surface area contributed by atoms with Gasteiger partial charge in [0.25, 0.3) is 0 Å². The van der Waals surface area contributed by atoms with E-state index in [2.05, 4.69) is 44.3 Å². The van der Waals surface area contributed by atoms with Gasteiger partial charge in [0.05, 0.1) is 6.10 Å². The highest BCUT2D eigenvalue weighted by Crippen LogP contribution is 2.48. The van der Waals surface area contributed by atoms with Crippen LogP contribution in [0.15, 0.2) is 60.2 Å². The second-order valence-electron chi connectivity index (χ2n) is 9.17. The molecule has 0 aliphatic heterocycles. The van der Waals surface area contributed by atoms with Crippen molar-refractivity contribution >= 4 is 17.5 Å². The number of carbonyl (C=O) groups excluding carboxylic acids is 1. The summed E-state index contributed by atoms with van der Waals surface area (Å²) in [5.74, 6) is 2.32. The second kappa shape index (κ2) is 9.98. The molecule has 7 atom stereocenters. The van der Waals surface area contributed by atoms with Crippen LogP contribution in [0.3, 0.4) is 0 Å². The Morgan fingerprint density at radius 3 is 2.60 bits per heavy atom. The SMILES string of the molecule is C/C(=C\C=C\[C@@H]1[C@@H]2[C@H](C)[C@@H](O)[C@H](C)C[C@@H]2C=C[C@H]1C)C(=O)NCc1ccc(Cl)cc1. The number of fused-ring (bicyclic) bond motifs is 1. The lowest BCUT2D eigenvalue weighted by Gasteiger charge is -2.48. The molecule has 3 nitrogen and oxygen atoms in total. The van der Waals surface area contributed by atoms with Crippen LogP contribution in [0.5, 0.6) is 0 Å². The summed E-state index contributed by atoms with van der Waals surface area (Å²) in [4.78, 5) is 12.4. The van der Waals surface area contributed by atoms with Crippen LogP contribution in [-0.2, 0) is 11.3 Å². The summed E-state index contributed by atoms with van der Waals surface area (Å²) in [5.41, 5.74) is 1.70. The number of aliphatic hydroxyl groups is 1. The molecular formula is C26H34ClNO2. The summed E-state index contributed by atoms with van der Waals surface area (Å²) in [6.07, 6.45) is 11.6. The molecule has 1 fully saturated rings. The van der Waals surface area contributed by atoms with E-state index < -0.39 is 0 Å². The first-order valence-corrected chi connectivity index (χ1v) is 11.4. The summed E-state index contributed by atoms with van der Waals surface area (Å²) < 4.78 is 0. The average molecular weight is 428 g/mol. The molecule has 2 aliphatic rings. The van der Waals surface area contributed by atoms with Crippen LogP contribution in [0.1, 0.15) is 39.7 Å². The van der Waals surface area contributed by atoms with E-state index in [0.29, 0.717) is 46.7 Å². The lowest BCUT2D eigenvalue weighted by molar-refractivity contribution is -0.117. The standard InChI is InChI=1S/C26H34ClNO2/c1-16-8-11-21-14-18(3)25(29)19(4)24(21)23(16)7-5-6-17(2)26(30)28-15-20-9-12-22(27)13-10-20/h5-13,16,18-19,21,23-25,29H,14-15H2,1-4H3,(H,28,30)/b7-5+,17-6+/t16-,18-,19+,21+,23+,24-,25+/m1/s1. The molecule has 2 N–H and O–H groups in total. The fourth-order valence-corrected chi connectivity index (χ4v) is 5.26. The van der Waals surface area contributed by atoms with Crippen molar-refractivity contribution in [1.29, 1.82) is 0 Å². The molecule has 1 aromatic carbocycles. The van der Waals surface area contributed by atoms with Gasteiger partial charge in [-0.3, -0.25) is 4.79 Å². The van der Waals surface area contributed by atoms with Gasteiger partial charge in [-0.2, -0.15) is 0 Å². The van der Waals surface area contributed by atoms with Gasteiger partial charge in [-0.15, -0.1) is 0 Å². The summed E-state index contributed by atoms with van der Waals surface area (Å²) in [6, 6.07) is 7.48. The number of allylic oxidation sites excluding steroid dienone is 5. The number of benzene rings is 1. The zero-order valence-corrected chi connectivity index (χ0v) is 19.1. The Bertz CT molecular complexity index is 826. The van der Waals surface area contributed by atoms with Gasteiger partial charge in [0, 0.05) is 17.1 Å². The molecule has 2 aliphatic carbocycles. The van der Waals surface area contributed by atoms with Crippen molar-refractivity contribution in [3.8, 4) is 0 Å². The molecule has 0 spiro atoms. The van der Waals surface area contributed by atoms with Crippen molar-refractivity contribution < 1.29 is 9.90 Å². The van der Waals surface area contributed by atoms with E-state index >= 15 is 0 Å². The topological polar surface area (TPSA) is 49.3 Å². The highest BCUT2D eigenvalue weighted by Gasteiger charge is 2.44. The first-order chi connectivity index (χ1) is 14.3. The smallest absolute Gasteiger partial charge is 0.247 e. The zero-order valence-electron chi connectivity index (χ0n) is 18.4. The number of hydrogen-bond acceptors (Lipinski definition) is 2. The average Bonchev–Trinajstić information content (AvgIpc) is 2.73. The Morgan fingerprint density at radius 2 is 1.90 bits per heavy atom. The van der Waals surface area contributed by atoms with Crippen LogP contribution in [0.2, 0.25) is 5.02 Å². The van der Waals surface area contributed by atoms with Crippen LogP contribution in [0.25, 0.3) is 0 Å². The van der Waals surface area contributed by atoms with Gasteiger partial charge in [-0.1, -0.05) is 74.9 Å². The molecule has 0 heterocycles. The highest BCUT2D eigenvalue weighted by atomic mass is 35.5. The number of halogens is 1. The first kappa shape index (κ1) is 22.8. The number of hydrogen-bond donors (Lipinski definition) is 2. The maximum atomic E-state index is 12.4. The van der Waals surface area contributed by atoms with Gasteiger partial charge in [0.15, 0.2) is 0 Å². The predicted octanol–water partition coefficient (Wildman–Crippen LogP) is 5.55. The monoisotopic (exact) mass is 427 g/mol. The molecule has 0 aromatic heterocycles. The van der Waals surface area contributed by atoms with Crippen molar-refractivity contribution in [2.45, 2.75) is 46.8 Å². The molecule has 1 aromatic rings. The van der Waals surface area contributed by atoms with E-state index in [1.807, 2.05) is 43.3 Å². The van der Waals surface area contributed by atoms with E-state index in [1.54, 1.807) is 0 Å². The predicted molar refractivity (Wildman–Crippen MR) is 124 cm³/mol. The third-order valence-electron chi connectivity index (χ3n) is 6.98. The molecule has 0 bridgehead atoms. The minimum Gasteiger partial charge on any atom is -0.393 e. The molecular weight excluding hydrogens is 394 g/mol. The molecule has 4 heteroatoms. The fourth-order valence-electron chi connectivity index (χ4n) is 5.13. The first-order valence-electron chi connectivity index (χ1n) is 11.0. The Morgan fingerprint density at radius 1 is 1.20 bits per heavy atom. The van der Waals surface area contributed by atoms with Gasteiger partial charge in [-0.25, -0.2) is 0 Å². The summed E-state index contributed by atoms with van der Waals surface area (Å²) in [7, 11) is 0. The van der Waals surface area contributed by atoms with Crippen LogP contribution < -0.4 is 5.32 Å². The third kappa shape index (κ3) is 5.25. The van der Waals surface area contributed by atoms with E-state index in [4.69, 9.17) is 11.6 Å². The van der Waals surface area contributed by atoms with Gasteiger partial charge < -0.3 is 10.4 Å². The largest absolute Gasteiger partial charge is 0.393 e. The molecule has 0 unspecified atom stereocenters. The van der Waals surface area contributed by atoms with Crippen LogP contribution >= 0.6 is 11.6 Å². The summed E-state index contributed by atoms with van der Waals surface area (Å²) in [6.45, 7) is 8.91. The number of aliphatic hydroxyl groups excluding tert-OH is 1. The quantitative estimate of drug-likeness (QED) is 0.367. The van der Waals surface area contributed by atoms with Gasteiger partial charge >= 0.3 is 0 Å². The summed E-state index contributed by atoms with van der Waals surface area (Å²) >= 11 is 5.90. The molecule has 30 heavy (non-hydrogen) atoms. The molecule has 0 radical (unpaired) electrons. The van der Waals surface area contributed by atoms with Gasteiger partial charge in [-0.05, 0) is 66.5 Å². The van der Waals surface area contributed by atoms with E-state index in [-0.39, 0.29) is 17.9 Å². The van der Waals surface area contributed by atoms with Gasteiger partial charge in [0.2, 0.25) is 5.91 Å². The number of rotatable bonds is 5. The van der Waals surface area contributed by atoms with Crippen molar-refractivity contribution in [3.05, 3.63) is 70.8 Å². The van der Waals surface area contributed by atoms with Gasteiger partial charge in [0.1, 0.15) is 0 Å². The van der Waals surface area contributed by atoms with E-state index in [0.717, 1.165) is 12.0 Å². The Balaban J connectivity index is 1.63. The van der Waals surface area contributed by atoms with Crippen molar-refractivity contribution in [3.63, 3.8) is 0 Å². The molecule has 3 rings (SSSR count). The minimum absolute atomic E-state index is 0.0700. The number of nitrogens with one attached hydrogen (secondary N) is 1. The second-order valence-corrected chi connectivity index (χ2v) is 9.61. The number of carbonyl (C=O) groups is 1. The van der Waals surface area contributed by atoms with Crippen molar-refractivity contribution in [1.82, 2.24) is 5.32 Å². The Labute approximate surface area is 185 Å². The third-order valence-corrected chi connectivity index (χ3v) is 7.24. The van der Waals surface area contributed by atoms with Crippen molar-refractivity contribution in [2.75, 3.05) is 0 Å². The maximum absolute atomic E-state index is 12.4. The highest BCUT2D eigenvalue weighted by molar-refractivity contribution is 6.30. The normalized spacial score (nSPS) is 34.1. The summed E-state index contributed by atoms with van der Waals surface area (Å²) in [5, 5.41) is 14.3. The van der Waals surface area contributed by atoms with Crippen molar-refractivity contribution in [2.24, 2.45) is 35.5 Å². The lowest BCUT2D eigenvalue weighted by Crippen LogP contribution is -2.46. The Hall–Kier alpha value is -1.84. The molecule has 0 saturated heterocycles. The van der Waals surface area contributed by atoms with Crippen LogP contribution in [-0.4, -0.2) is 17.1 Å². The Kier molecular flexibility index (Phi) is 7.60. The van der Waals surface area contributed by atoms with Crippen LogP contribution in [0.4, 0.5) is 0 Å². The molecule has 162 valence electrons. The zero-order chi connectivity index (χ0) is 21.8. The van der Waals surface area contributed by atoms with E-state index in [9.17, 15) is 9.90 Å².